The maximum Gasteiger partial charge on any atom is 0.354 e. The highest BCUT2D eigenvalue weighted by Gasteiger charge is 2.19. The molecule has 0 aliphatic rings. The van der Waals surface area contributed by atoms with Crippen molar-refractivity contribution in [3.63, 3.8) is 0 Å². The number of ether oxygens (including phenoxy) is 3. The van der Waals surface area contributed by atoms with Gasteiger partial charge in [-0.1, -0.05) is 18.2 Å². The lowest BCUT2D eigenvalue weighted by molar-refractivity contribution is -0.138. The lowest BCUT2D eigenvalue weighted by atomic mass is 9.97. The maximum absolute atomic E-state index is 12.0. The molecule has 8 heteroatoms. The Morgan fingerprint density at radius 1 is 0.964 bits per heavy atom. The Kier molecular flexibility index (Phi) is 6.75. The average molecular weight is 385 g/mol. The van der Waals surface area contributed by atoms with Gasteiger partial charge in [-0.15, -0.1) is 0 Å². The van der Waals surface area contributed by atoms with Crippen LogP contribution < -0.4 is 10.1 Å². The standard InChI is InChI=1S/C20H19NO7/c1-26-13-9-7-12(8-10-13)18-14(19(23)24)5-4-6-15(18)21-16(20(25)28-3)11-17(22)27-2/h4-11,21H,1-3H3,(H,23,24)/b16-11+. The zero-order valence-electron chi connectivity index (χ0n) is 15.5. The zero-order valence-corrected chi connectivity index (χ0v) is 15.5. The Balaban J connectivity index is 2.61. The van der Waals surface area contributed by atoms with E-state index < -0.39 is 17.9 Å². The van der Waals surface area contributed by atoms with Gasteiger partial charge in [0.05, 0.1) is 33.0 Å². The molecule has 0 radical (unpaired) electrons. The van der Waals surface area contributed by atoms with E-state index in [2.05, 4.69) is 14.8 Å². The number of carboxylic acids is 1. The summed E-state index contributed by atoms with van der Waals surface area (Å²) in [5.41, 5.74) is 1.01. The first-order valence-electron chi connectivity index (χ1n) is 8.07. The molecule has 2 N–H and O–H groups in total. The Labute approximate surface area is 161 Å². The van der Waals surface area contributed by atoms with Crippen molar-refractivity contribution in [2.24, 2.45) is 0 Å². The normalized spacial score (nSPS) is 10.8. The number of hydrogen-bond acceptors (Lipinski definition) is 7. The fraction of sp³-hybridized carbons (Fsp3) is 0.150. The molecule has 0 spiro atoms. The summed E-state index contributed by atoms with van der Waals surface area (Å²) in [6, 6.07) is 11.3. The van der Waals surface area contributed by atoms with Crippen molar-refractivity contribution in [3.8, 4) is 16.9 Å². The van der Waals surface area contributed by atoms with Gasteiger partial charge >= 0.3 is 17.9 Å². The quantitative estimate of drug-likeness (QED) is 0.553. The summed E-state index contributed by atoms with van der Waals surface area (Å²) >= 11 is 0. The lowest BCUT2D eigenvalue weighted by Gasteiger charge is -2.16. The molecule has 0 heterocycles. The molecule has 0 saturated heterocycles. The van der Waals surface area contributed by atoms with Gasteiger partial charge in [0.25, 0.3) is 0 Å². The van der Waals surface area contributed by atoms with E-state index in [1.54, 1.807) is 30.3 Å². The number of rotatable bonds is 7. The molecule has 0 saturated carbocycles. The third-order valence-electron chi connectivity index (χ3n) is 3.81. The van der Waals surface area contributed by atoms with Crippen molar-refractivity contribution in [1.82, 2.24) is 0 Å². The minimum Gasteiger partial charge on any atom is -0.497 e. The van der Waals surface area contributed by atoms with Gasteiger partial charge in [-0.25, -0.2) is 14.4 Å². The van der Waals surface area contributed by atoms with E-state index in [0.29, 0.717) is 22.6 Å². The third-order valence-corrected chi connectivity index (χ3v) is 3.81. The molecule has 0 aliphatic heterocycles. The summed E-state index contributed by atoms with van der Waals surface area (Å²) < 4.78 is 14.3. The van der Waals surface area contributed by atoms with E-state index in [1.807, 2.05) is 0 Å². The summed E-state index contributed by atoms with van der Waals surface area (Å²) in [7, 11) is 3.85. The lowest BCUT2D eigenvalue weighted by Crippen LogP contribution is -2.16. The highest BCUT2D eigenvalue weighted by atomic mass is 16.5. The van der Waals surface area contributed by atoms with Crippen LogP contribution in [0.4, 0.5) is 5.69 Å². The minimum atomic E-state index is -1.15. The van der Waals surface area contributed by atoms with Crippen LogP contribution in [0.15, 0.2) is 54.2 Å². The summed E-state index contributed by atoms with van der Waals surface area (Å²) in [6.07, 6.45) is 0.928. The fourth-order valence-electron chi connectivity index (χ4n) is 2.48. The minimum absolute atomic E-state index is 0.0115. The van der Waals surface area contributed by atoms with E-state index in [0.717, 1.165) is 13.2 Å². The predicted octanol–water partition coefficient (Wildman–Crippen LogP) is 2.70. The van der Waals surface area contributed by atoms with Crippen LogP contribution in [0, 0.1) is 0 Å². The molecule has 146 valence electrons. The Morgan fingerprint density at radius 2 is 1.64 bits per heavy atom. The monoisotopic (exact) mass is 385 g/mol. The highest BCUT2D eigenvalue weighted by molar-refractivity contribution is 6.03. The number of nitrogens with one attached hydrogen (secondary N) is 1. The second-order valence-corrected chi connectivity index (χ2v) is 5.46. The molecule has 8 nitrogen and oxygen atoms in total. The van der Waals surface area contributed by atoms with Crippen LogP contribution in [0.25, 0.3) is 11.1 Å². The molecular formula is C20H19NO7. The molecule has 0 aliphatic carbocycles. The molecule has 0 bridgehead atoms. The van der Waals surface area contributed by atoms with Crippen molar-refractivity contribution in [2.75, 3.05) is 26.6 Å². The van der Waals surface area contributed by atoms with Gasteiger partial charge in [-0.2, -0.15) is 0 Å². The summed E-state index contributed by atoms with van der Waals surface area (Å²) in [5.74, 6) is -2.13. The highest BCUT2D eigenvalue weighted by Crippen LogP contribution is 2.33. The second-order valence-electron chi connectivity index (χ2n) is 5.46. The van der Waals surface area contributed by atoms with E-state index in [4.69, 9.17) is 4.74 Å². The van der Waals surface area contributed by atoms with Crippen LogP contribution in [0.1, 0.15) is 10.4 Å². The second kappa shape index (κ2) is 9.22. The number of anilines is 1. The van der Waals surface area contributed by atoms with E-state index in [9.17, 15) is 19.5 Å². The molecule has 2 aromatic rings. The first kappa shape index (κ1) is 20.5. The number of benzene rings is 2. The van der Waals surface area contributed by atoms with Crippen LogP contribution in [0.3, 0.4) is 0 Å². The number of hydrogen-bond donors (Lipinski definition) is 2. The van der Waals surface area contributed by atoms with Crippen LogP contribution in [0.5, 0.6) is 5.75 Å². The van der Waals surface area contributed by atoms with Gasteiger partial charge in [0.1, 0.15) is 11.4 Å². The van der Waals surface area contributed by atoms with Gasteiger partial charge < -0.3 is 24.6 Å². The van der Waals surface area contributed by atoms with E-state index in [1.165, 1.54) is 26.4 Å². The fourth-order valence-corrected chi connectivity index (χ4v) is 2.48. The van der Waals surface area contributed by atoms with Crippen LogP contribution in [0.2, 0.25) is 0 Å². The first-order valence-corrected chi connectivity index (χ1v) is 8.07. The summed E-state index contributed by atoms with van der Waals surface area (Å²) in [5, 5.41) is 12.4. The Bertz CT molecular complexity index is 917. The molecule has 0 unspecified atom stereocenters. The maximum atomic E-state index is 12.0. The predicted molar refractivity (Wildman–Crippen MR) is 101 cm³/mol. The van der Waals surface area contributed by atoms with Crippen molar-refractivity contribution >= 4 is 23.6 Å². The van der Waals surface area contributed by atoms with Gasteiger partial charge in [0.15, 0.2) is 0 Å². The van der Waals surface area contributed by atoms with Gasteiger partial charge in [-0.3, -0.25) is 0 Å². The van der Waals surface area contributed by atoms with Crippen molar-refractivity contribution < 1.29 is 33.7 Å². The smallest absolute Gasteiger partial charge is 0.354 e. The number of carbonyl (C=O) groups is 3. The van der Waals surface area contributed by atoms with Gasteiger partial charge in [-0.05, 0) is 29.8 Å². The molecule has 0 amide bonds. The number of aromatic carboxylic acids is 1. The first-order chi connectivity index (χ1) is 13.4. The number of methoxy groups -OCH3 is 3. The van der Waals surface area contributed by atoms with E-state index >= 15 is 0 Å². The van der Waals surface area contributed by atoms with Crippen molar-refractivity contribution in [2.45, 2.75) is 0 Å². The van der Waals surface area contributed by atoms with Crippen molar-refractivity contribution in [1.29, 1.82) is 0 Å². The summed E-state index contributed by atoms with van der Waals surface area (Å²) in [6.45, 7) is 0. The largest absolute Gasteiger partial charge is 0.497 e. The molecule has 0 atom stereocenters. The zero-order chi connectivity index (χ0) is 20.7. The topological polar surface area (TPSA) is 111 Å². The molecular weight excluding hydrogens is 366 g/mol. The number of carbonyl (C=O) groups excluding carboxylic acids is 2. The Hall–Kier alpha value is -3.81. The average Bonchev–Trinajstić information content (AvgIpc) is 2.72. The molecule has 0 aromatic heterocycles. The van der Waals surface area contributed by atoms with Crippen LogP contribution in [-0.4, -0.2) is 44.3 Å². The van der Waals surface area contributed by atoms with Gasteiger partial charge in [0, 0.05) is 11.3 Å². The Morgan fingerprint density at radius 3 is 2.18 bits per heavy atom. The van der Waals surface area contributed by atoms with Crippen LogP contribution in [-0.2, 0) is 19.1 Å². The molecule has 2 aromatic carbocycles. The SMILES string of the molecule is COC(=O)/C=C(/Nc1cccc(C(=O)O)c1-c1ccc(OC)cc1)C(=O)OC. The molecule has 2 rings (SSSR count). The van der Waals surface area contributed by atoms with Gasteiger partial charge in [0.2, 0.25) is 0 Å². The van der Waals surface area contributed by atoms with Crippen molar-refractivity contribution in [3.05, 3.63) is 59.8 Å². The van der Waals surface area contributed by atoms with E-state index in [-0.39, 0.29) is 11.3 Å². The molecule has 28 heavy (non-hydrogen) atoms. The molecule has 0 fully saturated rings. The van der Waals surface area contributed by atoms with Crippen LogP contribution >= 0.6 is 0 Å². The third kappa shape index (κ3) is 4.67. The number of carboxylic acid groups (broad SMARTS) is 1. The number of esters is 2. The summed E-state index contributed by atoms with van der Waals surface area (Å²) in [4.78, 5) is 35.3.